The Morgan fingerprint density at radius 1 is 1.10 bits per heavy atom. The van der Waals surface area contributed by atoms with E-state index in [9.17, 15) is 0 Å². The quantitative estimate of drug-likeness (QED) is 0.589. The van der Waals surface area contributed by atoms with Gasteiger partial charge in [-0.1, -0.05) is 41.4 Å². The van der Waals surface area contributed by atoms with Gasteiger partial charge >= 0.3 is 0 Å². The van der Waals surface area contributed by atoms with E-state index in [2.05, 4.69) is 29.3 Å². The van der Waals surface area contributed by atoms with Crippen LogP contribution in [0.25, 0.3) is 0 Å². The van der Waals surface area contributed by atoms with E-state index in [4.69, 9.17) is 25.8 Å². The molecular weight excluding hydrogens is 388 g/mol. The molecule has 0 saturated carbocycles. The van der Waals surface area contributed by atoms with Crippen LogP contribution in [0.2, 0.25) is 5.02 Å². The summed E-state index contributed by atoms with van der Waals surface area (Å²) in [6, 6.07) is 12.2. The van der Waals surface area contributed by atoms with E-state index in [1.165, 1.54) is 5.56 Å². The predicted molar refractivity (Wildman–Crippen MR) is 117 cm³/mol. The zero-order valence-electron chi connectivity index (χ0n) is 17.4. The summed E-state index contributed by atoms with van der Waals surface area (Å²) in [6.07, 6.45) is 0. The van der Waals surface area contributed by atoms with Crippen molar-refractivity contribution < 1.29 is 14.2 Å². The lowest BCUT2D eigenvalue weighted by molar-refractivity contribution is 0.0384. The number of nitrogens with zero attached hydrogens (tertiary/aromatic N) is 1. The maximum Gasteiger partial charge on any atom is 0.180 e. The average molecular weight is 419 g/mol. The summed E-state index contributed by atoms with van der Waals surface area (Å²) in [4.78, 5) is 2.41. The molecule has 1 fully saturated rings. The Labute approximate surface area is 178 Å². The minimum atomic E-state index is 0.457. The van der Waals surface area contributed by atoms with Crippen molar-refractivity contribution >= 4 is 11.6 Å². The van der Waals surface area contributed by atoms with Crippen LogP contribution in [0.15, 0.2) is 36.4 Å². The van der Waals surface area contributed by atoms with Gasteiger partial charge in [0.25, 0.3) is 0 Å². The standard InChI is InChI=1S/C23H31ClN2O3/c1-3-28-22-15-20(16-25-7-8-26-9-11-27-12-10-26)14-21(24)23(22)29-17-19-6-4-5-18(2)13-19/h4-6,13-15,25H,3,7-12,16-17H2,1-2H3. The molecule has 3 rings (SSSR count). The number of halogens is 1. The Morgan fingerprint density at radius 3 is 2.69 bits per heavy atom. The largest absolute Gasteiger partial charge is 0.490 e. The zero-order valence-corrected chi connectivity index (χ0v) is 18.1. The zero-order chi connectivity index (χ0) is 20.5. The summed E-state index contributed by atoms with van der Waals surface area (Å²) in [5.74, 6) is 1.30. The van der Waals surface area contributed by atoms with Gasteiger partial charge in [-0.05, 0) is 37.1 Å². The Morgan fingerprint density at radius 2 is 1.93 bits per heavy atom. The van der Waals surface area contributed by atoms with E-state index in [1.807, 2.05) is 31.2 Å². The Bertz CT molecular complexity index is 779. The average Bonchev–Trinajstić information content (AvgIpc) is 2.72. The molecule has 0 bridgehead atoms. The molecule has 5 nitrogen and oxygen atoms in total. The van der Waals surface area contributed by atoms with E-state index in [-0.39, 0.29) is 0 Å². The lowest BCUT2D eigenvalue weighted by Crippen LogP contribution is -2.40. The molecular formula is C23H31ClN2O3. The fourth-order valence-corrected chi connectivity index (χ4v) is 3.67. The topological polar surface area (TPSA) is 43.0 Å². The maximum absolute atomic E-state index is 6.55. The van der Waals surface area contributed by atoms with Crippen LogP contribution in [0.5, 0.6) is 11.5 Å². The maximum atomic E-state index is 6.55. The monoisotopic (exact) mass is 418 g/mol. The lowest BCUT2D eigenvalue weighted by Gasteiger charge is -2.26. The molecule has 0 atom stereocenters. The van der Waals surface area contributed by atoms with Gasteiger partial charge in [0.2, 0.25) is 0 Å². The van der Waals surface area contributed by atoms with Crippen molar-refractivity contribution in [2.45, 2.75) is 27.0 Å². The normalized spacial score (nSPS) is 14.7. The van der Waals surface area contributed by atoms with Gasteiger partial charge < -0.3 is 19.5 Å². The first-order valence-corrected chi connectivity index (χ1v) is 10.7. The van der Waals surface area contributed by atoms with Gasteiger partial charge in [0, 0.05) is 32.7 Å². The number of rotatable bonds is 10. The van der Waals surface area contributed by atoms with Gasteiger partial charge in [-0.25, -0.2) is 0 Å². The van der Waals surface area contributed by atoms with Crippen LogP contribution in [0.4, 0.5) is 0 Å². The summed E-state index contributed by atoms with van der Waals surface area (Å²) in [7, 11) is 0. The second kappa shape index (κ2) is 11.4. The SMILES string of the molecule is CCOc1cc(CNCCN2CCOCC2)cc(Cl)c1OCc1cccc(C)c1. The molecule has 0 aliphatic carbocycles. The Kier molecular flexibility index (Phi) is 8.62. The third-order valence-electron chi connectivity index (χ3n) is 4.87. The molecule has 0 unspecified atom stereocenters. The van der Waals surface area contributed by atoms with Crippen molar-refractivity contribution in [2.75, 3.05) is 46.0 Å². The highest BCUT2D eigenvalue weighted by Crippen LogP contribution is 2.37. The fourth-order valence-electron chi connectivity index (χ4n) is 3.38. The summed E-state index contributed by atoms with van der Waals surface area (Å²) >= 11 is 6.55. The molecule has 158 valence electrons. The molecule has 1 N–H and O–H groups in total. The van der Waals surface area contributed by atoms with Crippen LogP contribution < -0.4 is 14.8 Å². The van der Waals surface area contributed by atoms with Crippen molar-refractivity contribution in [3.05, 3.63) is 58.1 Å². The van der Waals surface area contributed by atoms with E-state index in [1.54, 1.807) is 0 Å². The molecule has 1 aliphatic rings. The van der Waals surface area contributed by atoms with E-state index in [0.29, 0.717) is 29.7 Å². The second-order valence-corrected chi connectivity index (χ2v) is 7.65. The second-order valence-electron chi connectivity index (χ2n) is 7.25. The van der Waals surface area contributed by atoms with Crippen molar-refractivity contribution in [1.82, 2.24) is 10.2 Å². The van der Waals surface area contributed by atoms with Crippen molar-refractivity contribution in [1.29, 1.82) is 0 Å². The number of ether oxygens (including phenoxy) is 3. The molecule has 29 heavy (non-hydrogen) atoms. The molecule has 2 aromatic rings. The van der Waals surface area contributed by atoms with Gasteiger partial charge in [-0.2, -0.15) is 0 Å². The summed E-state index contributed by atoms with van der Waals surface area (Å²) in [5, 5.41) is 4.07. The van der Waals surface area contributed by atoms with E-state index >= 15 is 0 Å². The summed E-state index contributed by atoms with van der Waals surface area (Å²) < 4.78 is 17.2. The first-order chi connectivity index (χ1) is 14.2. The van der Waals surface area contributed by atoms with E-state index in [0.717, 1.165) is 57.1 Å². The lowest BCUT2D eigenvalue weighted by atomic mass is 10.1. The molecule has 0 amide bonds. The van der Waals surface area contributed by atoms with Gasteiger partial charge in [-0.3, -0.25) is 4.90 Å². The van der Waals surface area contributed by atoms with Gasteiger partial charge in [-0.15, -0.1) is 0 Å². The highest BCUT2D eigenvalue weighted by Gasteiger charge is 2.14. The van der Waals surface area contributed by atoms with Crippen LogP contribution in [0.3, 0.4) is 0 Å². The van der Waals surface area contributed by atoms with Crippen LogP contribution in [-0.4, -0.2) is 50.9 Å². The van der Waals surface area contributed by atoms with Gasteiger partial charge in [0.05, 0.1) is 24.8 Å². The van der Waals surface area contributed by atoms with Gasteiger partial charge in [0.1, 0.15) is 6.61 Å². The number of hydrogen-bond donors (Lipinski definition) is 1. The molecule has 6 heteroatoms. The fraction of sp³-hybridized carbons (Fsp3) is 0.478. The molecule has 0 radical (unpaired) electrons. The summed E-state index contributed by atoms with van der Waals surface area (Å²) in [5.41, 5.74) is 3.40. The van der Waals surface area contributed by atoms with Crippen LogP contribution in [0, 0.1) is 6.92 Å². The highest BCUT2D eigenvalue weighted by atomic mass is 35.5. The number of nitrogens with one attached hydrogen (secondary N) is 1. The van der Waals surface area contributed by atoms with Crippen LogP contribution in [-0.2, 0) is 17.9 Å². The number of hydrogen-bond acceptors (Lipinski definition) is 5. The Balaban J connectivity index is 1.57. The minimum absolute atomic E-state index is 0.457. The summed E-state index contributed by atoms with van der Waals surface area (Å²) in [6.45, 7) is 11.4. The van der Waals surface area contributed by atoms with Crippen molar-refractivity contribution in [3.63, 3.8) is 0 Å². The van der Waals surface area contributed by atoms with Crippen molar-refractivity contribution in [2.24, 2.45) is 0 Å². The van der Waals surface area contributed by atoms with E-state index < -0.39 is 0 Å². The number of benzene rings is 2. The first kappa shape index (κ1) is 21.9. The first-order valence-electron chi connectivity index (χ1n) is 10.3. The number of morpholine rings is 1. The van der Waals surface area contributed by atoms with Crippen LogP contribution >= 0.6 is 11.6 Å². The smallest absolute Gasteiger partial charge is 0.180 e. The number of aryl methyl sites for hydroxylation is 1. The highest BCUT2D eigenvalue weighted by molar-refractivity contribution is 6.32. The molecule has 1 aliphatic heterocycles. The molecule has 0 spiro atoms. The third kappa shape index (κ3) is 6.89. The van der Waals surface area contributed by atoms with Crippen molar-refractivity contribution in [3.8, 4) is 11.5 Å². The Hall–Kier alpha value is -1.79. The molecule has 1 saturated heterocycles. The third-order valence-corrected chi connectivity index (χ3v) is 5.15. The van der Waals surface area contributed by atoms with Crippen LogP contribution in [0.1, 0.15) is 23.6 Å². The van der Waals surface area contributed by atoms with Gasteiger partial charge in [0.15, 0.2) is 11.5 Å². The molecule has 2 aromatic carbocycles. The minimum Gasteiger partial charge on any atom is -0.490 e. The predicted octanol–water partition coefficient (Wildman–Crippen LogP) is 4.05. The molecule has 0 aromatic heterocycles. The molecule has 1 heterocycles.